The smallest absolute Gasteiger partial charge is 0.154 e. The molecule has 0 saturated heterocycles. The minimum Gasteiger partial charge on any atom is -0.292 e. The van der Waals surface area contributed by atoms with Crippen LogP contribution in [0.2, 0.25) is 0 Å². The van der Waals surface area contributed by atoms with Crippen LogP contribution >= 0.6 is 0 Å². The highest BCUT2D eigenvalue weighted by Crippen LogP contribution is 2.50. The number of likely N-dealkylation sites (N-methyl/N-ethyl adjacent to an activating group) is 2. The molecule has 0 aromatic heterocycles. The average Bonchev–Trinajstić information content (AvgIpc) is 3.02. The van der Waals surface area contributed by atoms with E-state index >= 15 is 0 Å². The van der Waals surface area contributed by atoms with Crippen molar-refractivity contribution in [2.24, 2.45) is 0 Å². The fourth-order valence-corrected chi connectivity index (χ4v) is 9.49. The lowest BCUT2D eigenvalue weighted by Gasteiger charge is -2.74. The van der Waals surface area contributed by atoms with Crippen molar-refractivity contribution in [3.05, 3.63) is 0 Å². The minimum atomic E-state index is -0.435. The molecule has 0 spiro atoms. The SMILES string of the molecule is CCCCN(CCCC)C(N(CCC)CCC)(N(C(C)C)C(C)C)C(C)(C(N(C)C)N(CC)CC)N(N(C(C)CC)C(C)CC)C(C)(C)C. The van der Waals surface area contributed by atoms with E-state index in [2.05, 4.69) is 173 Å². The van der Waals surface area contributed by atoms with Gasteiger partial charge in [0.2, 0.25) is 0 Å². The van der Waals surface area contributed by atoms with Crippen LogP contribution in [0.3, 0.4) is 0 Å². The van der Waals surface area contributed by atoms with Crippen LogP contribution in [-0.2, 0) is 0 Å². The lowest BCUT2D eigenvalue weighted by molar-refractivity contribution is -0.341. The molecule has 0 saturated carbocycles. The summed E-state index contributed by atoms with van der Waals surface area (Å²) in [6.45, 7) is 50.6. The summed E-state index contributed by atoms with van der Waals surface area (Å²) in [6, 6.07) is 1.46. The van der Waals surface area contributed by atoms with Crippen LogP contribution in [0.25, 0.3) is 0 Å². The Labute approximate surface area is 310 Å². The summed E-state index contributed by atoms with van der Waals surface area (Å²) < 4.78 is 0. The van der Waals surface area contributed by atoms with Gasteiger partial charge in [0.15, 0.2) is 5.79 Å². The lowest BCUT2D eigenvalue weighted by Crippen LogP contribution is -2.92. The average molecular weight is 696 g/mol. The third kappa shape index (κ3) is 11.1. The monoisotopic (exact) mass is 696 g/mol. The highest BCUT2D eigenvalue weighted by Gasteiger charge is 2.69. The third-order valence-electron chi connectivity index (χ3n) is 11.1. The van der Waals surface area contributed by atoms with Crippen molar-refractivity contribution < 1.29 is 0 Å². The van der Waals surface area contributed by atoms with E-state index in [1.807, 2.05) is 0 Å². The highest BCUT2D eigenvalue weighted by atomic mass is 15.8. The van der Waals surface area contributed by atoms with Gasteiger partial charge >= 0.3 is 0 Å². The van der Waals surface area contributed by atoms with Crippen molar-refractivity contribution in [2.75, 3.05) is 53.4 Å². The Kier molecular flexibility index (Phi) is 22.6. The first kappa shape index (κ1) is 48.7. The van der Waals surface area contributed by atoms with Crippen molar-refractivity contribution in [2.45, 2.75) is 223 Å². The van der Waals surface area contributed by atoms with Crippen LogP contribution < -0.4 is 0 Å². The molecule has 0 aliphatic heterocycles. The van der Waals surface area contributed by atoms with Crippen molar-refractivity contribution in [1.29, 1.82) is 0 Å². The molecule has 0 amide bonds. The molecule has 49 heavy (non-hydrogen) atoms. The topological polar surface area (TPSA) is 22.7 Å². The van der Waals surface area contributed by atoms with E-state index in [1.165, 1.54) is 25.7 Å². The first-order chi connectivity index (χ1) is 22.9. The van der Waals surface area contributed by atoms with Crippen LogP contribution in [0, 0.1) is 0 Å². The van der Waals surface area contributed by atoms with E-state index in [4.69, 9.17) is 0 Å². The maximum atomic E-state index is 3.04. The molecule has 0 aromatic rings. The highest BCUT2D eigenvalue weighted by molar-refractivity contribution is 5.17. The number of rotatable bonds is 27. The molecule has 7 nitrogen and oxygen atoms in total. The summed E-state index contributed by atoms with van der Waals surface area (Å²) in [4.78, 5) is 14.4. The number of unbranched alkanes of at least 4 members (excludes halogenated alkanes) is 2. The Balaban J connectivity index is 9.65. The second kappa shape index (κ2) is 22.7. The molecule has 5 atom stereocenters. The van der Waals surface area contributed by atoms with Gasteiger partial charge in [-0.15, -0.1) is 0 Å². The predicted molar refractivity (Wildman–Crippen MR) is 220 cm³/mol. The summed E-state index contributed by atoms with van der Waals surface area (Å²) in [5, 5.41) is 5.87. The van der Waals surface area contributed by atoms with Crippen molar-refractivity contribution in [1.82, 2.24) is 34.5 Å². The quantitative estimate of drug-likeness (QED) is 0.0623. The van der Waals surface area contributed by atoms with E-state index < -0.39 is 11.3 Å². The van der Waals surface area contributed by atoms with Crippen molar-refractivity contribution >= 4 is 0 Å². The zero-order valence-electron chi connectivity index (χ0n) is 37.4. The third-order valence-corrected chi connectivity index (χ3v) is 11.1. The summed E-state index contributed by atoms with van der Waals surface area (Å²) in [7, 11) is 4.73. The Morgan fingerprint density at radius 2 is 0.918 bits per heavy atom. The Bertz CT molecular complexity index is 805. The van der Waals surface area contributed by atoms with Gasteiger partial charge in [-0.1, -0.05) is 68.2 Å². The Morgan fingerprint density at radius 3 is 1.18 bits per heavy atom. The molecule has 5 unspecified atom stereocenters. The maximum Gasteiger partial charge on any atom is 0.154 e. The van der Waals surface area contributed by atoms with Crippen LogP contribution in [0.5, 0.6) is 0 Å². The van der Waals surface area contributed by atoms with Gasteiger partial charge < -0.3 is 0 Å². The van der Waals surface area contributed by atoms with Gasteiger partial charge in [0.05, 0.1) is 6.17 Å². The van der Waals surface area contributed by atoms with Crippen molar-refractivity contribution in [3.63, 3.8) is 0 Å². The summed E-state index contributed by atoms with van der Waals surface area (Å²) in [5.74, 6) is -0.435. The molecule has 7 heteroatoms. The van der Waals surface area contributed by atoms with Gasteiger partial charge in [0.25, 0.3) is 0 Å². The first-order valence-electron chi connectivity index (χ1n) is 21.1. The van der Waals surface area contributed by atoms with Gasteiger partial charge in [-0.3, -0.25) is 24.5 Å². The van der Waals surface area contributed by atoms with Gasteiger partial charge in [-0.2, -0.15) is 0 Å². The second-order valence-corrected chi connectivity index (χ2v) is 17.0. The number of hydrogen-bond donors (Lipinski definition) is 0. The van der Waals surface area contributed by atoms with Gasteiger partial charge in [0.1, 0.15) is 5.54 Å². The van der Waals surface area contributed by atoms with Crippen LogP contribution in [0.1, 0.15) is 176 Å². The van der Waals surface area contributed by atoms with E-state index in [9.17, 15) is 0 Å². The van der Waals surface area contributed by atoms with E-state index in [0.717, 1.165) is 65.0 Å². The largest absolute Gasteiger partial charge is 0.292 e. The lowest BCUT2D eigenvalue weighted by atomic mass is 9.77. The molecule has 0 aliphatic rings. The van der Waals surface area contributed by atoms with Gasteiger partial charge in [0, 0.05) is 55.9 Å². The summed E-state index contributed by atoms with van der Waals surface area (Å²) in [6.07, 6.45) is 9.40. The molecule has 0 fully saturated rings. The molecule has 296 valence electrons. The molecule has 0 rings (SSSR count). The normalized spacial score (nSPS) is 17.8. The minimum absolute atomic E-state index is 0.124. The number of nitrogens with zero attached hydrogens (tertiary/aromatic N) is 7. The molecule has 0 N–H and O–H groups in total. The Morgan fingerprint density at radius 1 is 0.531 bits per heavy atom. The fraction of sp³-hybridized carbons (Fsp3) is 1.00. The zero-order chi connectivity index (χ0) is 38.3. The molecule has 0 aliphatic carbocycles. The van der Waals surface area contributed by atoms with Crippen LogP contribution in [-0.4, -0.2) is 135 Å². The zero-order valence-corrected chi connectivity index (χ0v) is 37.4. The van der Waals surface area contributed by atoms with Crippen molar-refractivity contribution in [3.8, 4) is 0 Å². The predicted octanol–water partition coefficient (Wildman–Crippen LogP) is 9.69. The van der Waals surface area contributed by atoms with Crippen LogP contribution in [0.15, 0.2) is 0 Å². The molecule has 0 heterocycles. The first-order valence-corrected chi connectivity index (χ1v) is 21.1. The number of hydrazine groups is 1. The van der Waals surface area contributed by atoms with Gasteiger partial charge in [-0.05, 0) is 135 Å². The summed E-state index contributed by atoms with van der Waals surface area (Å²) in [5.41, 5.74) is -0.590. The molecule has 0 radical (unpaired) electrons. The van der Waals surface area contributed by atoms with E-state index in [1.54, 1.807) is 0 Å². The number of hydrogen-bond acceptors (Lipinski definition) is 7. The fourth-order valence-electron chi connectivity index (χ4n) is 9.49. The molecule has 0 aromatic carbocycles. The molecular weight excluding hydrogens is 603 g/mol. The van der Waals surface area contributed by atoms with E-state index in [0.29, 0.717) is 24.2 Å². The van der Waals surface area contributed by atoms with Gasteiger partial charge in [-0.25, -0.2) is 10.0 Å². The maximum absolute atomic E-state index is 3.04. The Hall–Kier alpha value is -0.280. The second-order valence-electron chi connectivity index (χ2n) is 17.0. The van der Waals surface area contributed by atoms with Crippen LogP contribution in [0.4, 0.5) is 0 Å². The summed E-state index contributed by atoms with van der Waals surface area (Å²) >= 11 is 0. The standard InChI is InChI=1S/C42H93N7/c1-21-29-33-46(34-30-22-2)42(45(31-23-3)32-24-4,47(35(9)10)36(11)12)41(18,39(43(19)20)44(27-7)28-8)49(40(15,16)17)48(37(13)25-5)38(14)26-6/h35-39H,21-34H2,1-20H3. The molecular formula is C42H93N7. The molecule has 0 bridgehead atoms. The van der Waals surface area contributed by atoms with E-state index in [-0.39, 0.29) is 11.7 Å².